The monoisotopic (exact) mass is 499 g/mol. The van der Waals surface area contributed by atoms with Crippen LogP contribution < -0.4 is 16.4 Å². The van der Waals surface area contributed by atoms with Crippen molar-refractivity contribution in [1.82, 2.24) is 25.0 Å². The van der Waals surface area contributed by atoms with Gasteiger partial charge in [-0.2, -0.15) is 0 Å². The minimum atomic E-state index is -1.28. The number of aliphatic hydroxyl groups excluding tert-OH is 1. The number of aliphatic carboxylic acids is 1. The maximum Gasteiger partial charge on any atom is 0.352 e. The molecule has 0 aromatic carbocycles. The third kappa shape index (κ3) is 5.01. The Kier molecular flexibility index (Phi) is 8.02. The molecule has 3 atom stereocenters. The Balaban J connectivity index is 1.75. The quantitative estimate of drug-likeness (QED) is 0.184. The number of rotatable bonds is 10. The van der Waals surface area contributed by atoms with Crippen molar-refractivity contribution in [3.8, 4) is 0 Å². The van der Waals surface area contributed by atoms with Crippen LogP contribution in [0.2, 0.25) is 0 Å². The highest BCUT2D eigenvalue weighted by Crippen LogP contribution is 2.41. The van der Waals surface area contributed by atoms with E-state index in [0.29, 0.717) is 12.0 Å². The summed E-state index contributed by atoms with van der Waals surface area (Å²) in [6.45, 7) is 3.83. The highest BCUT2D eigenvalue weighted by atomic mass is 32.2. The molecule has 1 aromatic rings. The molecular formula is C19H25N5O7S2. The Bertz CT molecular complexity index is 1100. The van der Waals surface area contributed by atoms with Crippen LogP contribution in [0.15, 0.2) is 26.0 Å². The number of nitrogens with zero attached hydrogens (tertiary/aromatic N) is 3. The van der Waals surface area contributed by atoms with E-state index in [4.69, 9.17) is 0 Å². The molecule has 33 heavy (non-hydrogen) atoms. The highest BCUT2D eigenvalue weighted by Gasteiger charge is 2.54. The van der Waals surface area contributed by atoms with Gasteiger partial charge in [0.25, 0.3) is 5.91 Å². The van der Waals surface area contributed by atoms with E-state index in [-0.39, 0.29) is 35.3 Å². The number of H-pyrrole nitrogens is 1. The predicted molar refractivity (Wildman–Crippen MR) is 121 cm³/mol. The van der Waals surface area contributed by atoms with Crippen molar-refractivity contribution in [3.05, 3.63) is 32.0 Å². The second-order valence-electron chi connectivity index (χ2n) is 7.48. The third-order valence-corrected chi connectivity index (χ3v) is 7.70. The molecule has 1 fully saturated rings. The molecular weight excluding hydrogens is 474 g/mol. The van der Waals surface area contributed by atoms with Crippen LogP contribution in [0, 0.1) is 0 Å². The van der Waals surface area contributed by atoms with Crippen LogP contribution in [0.5, 0.6) is 0 Å². The van der Waals surface area contributed by atoms with Crippen molar-refractivity contribution < 1.29 is 24.6 Å². The summed E-state index contributed by atoms with van der Waals surface area (Å²) in [6, 6.07) is -0.909. The number of β-lactam (4-membered cyclic amide) rings is 1. The molecule has 2 amide bonds. The molecule has 180 valence electrons. The van der Waals surface area contributed by atoms with E-state index in [1.54, 1.807) is 6.92 Å². The number of aromatic nitrogens is 3. The number of amides is 2. The molecule has 1 saturated heterocycles. The van der Waals surface area contributed by atoms with E-state index in [9.17, 15) is 34.2 Å². The van der Waals surface area contributed by atoms with Gasteiger partial charge in [-0.3, -0.25) is 28.6 Å². The van der Waals surface area contributed by atoms with Crippen molar-refractivity contribution in [2.75, 3.05) is 11.5 Å². The number of carboxylic acid groups (broad SMARTS) is 1. The number of nitrogens with one attached hydrogen (secondary N) is 2. The first kappa shape index (κ1) is 25.1. The first-order valence-electron chi connectivity index (χ1n) is 10.4. The van der Waals surface area contributed by atoms with Gasteiger partial charge in [-0.1, -0.05) is 31.5 Å². The maximum atomic E-state index is 12.7. The van der Waals surface area contributed by atoms with Gasteiger partial charge in [-0.05, 0) is 18.9 Å². The first-order valence-corrected chi connectivity index (χ1v) is 12.4. The average Bonchev–Trinajstić information content (AvgIpc) is 2.80. The number of aromatic amines is 1. The fourth-order valence-corrected chi connectivity index (χ4v) is 6.02. The zero-order chi connectivity index (χ0) is 24.3. The van der Waals surface area contributed by atoms with E-state index in [1.165, 1.54) is 16.3 Å². The Hall–Kier alpha value is -2.58. The molecule has 0 saturated carbocycles. The number of carbonyl (C=O) groups is 3. The molecule has 2 aliphatic heterocycles. The summed E-state index contributed by atoms with van der Waals surface area (Å²) in [5.41, 5.74) is -1.30. The van der Waals surface area contributed by atoms with E-state index in [0.717, 1.165) is 23.1 Å². The number of fused-ring (bicyclic) bond motifs is 1. The fourth-order valence-electron chi connectivity index (χ4n) is 3.53. The largest absolute Gasteiger partial charge is 0.477 e. The second-order valence-corrected chi connectivity index (χ2v) is 9.53. The van der Waals surface area contributed by atoms with Crippen LogP contribution in [0.25, 0.3) is 0 Å². The molecule has 2 aliphatic rings. The lowest BCUT2D eigenvalue weighted by atomic mass is 10.0. The number of aliphatic hydroxyl groups is 1. The predicted octanol–water partition coefficient (Wildman–Crippen LogP) is -0.667. The summed E-state index contributed by atoms with van der Waals surface area (Å²) in [5.74, 6) is -2.06. The summed E-state index contributed by atoms with van der Waals surface area (Å²) in [4.78, 5) is 61.5. The van der Waals surface area contributed by atoms with Gasteiger partial charge in [0, 0.05) is 18.1 Å². The number of hydrogen-bond donors (Lipinski definition) is 4. The van der Waals surface area contributed by atoms with Crippen molar-refractivity contribution in [2.24, 2.45) is 0 Å². The number of unbranched alkanes of at least 4 members (excludes halogenated alkanes) is 1. The Labute approximate surface area is 196 Å². The summed E-state index contributed by atoms with van der Waals surface area (Å²) < 4.78 is 1.19. The van der Waals surface area contributed by atoms with Crippen LogP contribution in [0.4, 0.5) is 0 Å². The van der Waals surface area contributed by atoms with Crippen LogP contribution in [0.1, 0.15) is 33.1 Å². The molecule has 3 rings (SSSR count). The SMILES string of the molecule is CCCC[C@@H](O)C(=O)N[C@@H]1C(=O)N2C(C(=O)O)=C(CSc3n[nH]c(=O)c(=O)n3CC)CS[C@H]12. The van der Waals surface area contributed by atoms with Crippen molar-refractivity contribution in [1.29, 1.82) is 0 Å². The van der Waals surface area contributed by atoms with E-state index < -0.39 is 46.4 Å². The lowest BCUT2D eigenvalue weighted by molar-refractivity contribution is -0.151. The van der Waals surface area contributed by atoms with Gasteiger partial charge in [0.2, 0.25) is 5.91 Å². The van der Waals surface area contributed by atoms with Gasteiger partial charge in [0.15, 0.2) is 5.16 Å². The number of thioether (sulfide) groups is 2. The molecule has 1 aromatic heterocycles. The van der Waals surface area contributed by atoms with E-state index in [1.807, 2.05) is 6.92 Å². The Morgan fingerprint density at radius 1 is 1.33 bits per heavy atom. The topological polar surface area (TPSA) is 175 Å². The summed E-state index contributed by atoms with van der Waals surface area (Å²) in [7, 11) is 0. The van der Waals surface area contributed by atoms with Gasteiger partial charge in [0.05, 0.1) is 0 Å². The smallest absolute Gasteiger partial charge is 0.352 e. The number of hydrogen-bond acceptors (Lipinski definition) is 9. The van der Waals surface area contributed by atoms with E-state index in [2.05, 4.69) is 15.5 Å². The third-order valence-electron chi connectivity index (χ3n) is 5.30. The van der Waals surface area contributed by atoms with Gasteiger partial charge in [-0.15, -0.1) is 16.9 Å². The molecule has 3 heterocycles. The fraction of sp³-hybridized carbons (Fsp3) is 0.579. The first-order chi connectivity index (χ1) is 15.7. The summed E-state index contributed by atoms with van der Waals surface area (Å²) >= 11 is 2.38. The summed E-state index contributed by atoms with van der Waals surface area (Å²) in [5, 5.41) is 27.9. The van der Waals surface area contributed by atoms with Gasteiger partial charge < -0.3 is 15.5 Å². The van der Waals surface area contributed by atoms with Crippen molar-refractivity contribution in [2.45, 2.75) is 62.3 Å². The minimum absolute atomic E-state index is 0.135. The molecule has 0 radical (unpaired) electrons. The van der Waals surface area contributed by atoms with Gasteiger partial charge in [-0.25, -0.2) is 9.89 Å². The standard InChI is InChI=1S/C19H25N5O7S2/c1-3-5-6-10(25)13(26)20-11-15(28)24-12(18(30)31)9(7-32-17(11)24)8-33-19-22-21-14(27)16(29)23(19)4-2/h10-11,17,25H,3-8H2,1-2H3,(H,20,26)(H,21,27)(H,30,31)/t10-,11-,17-/m1/s1. The Morgan fingerprint density at radius 2 is 2.06 bits per heavy atom. The zero-order valence-corrected chi connectivity index (χ0v) is 19.7. The lowest BCUT2D eigenvalue weighted by Crippen LogP contribution is -2.71. The van der Waals surface area contributed by atoms with Crippen LogP contribution >= 0.6 is 23.5 Å². The molecule has 14 heteroatoms. The van der Waals surface area contributed by atoms with Crippen molar-refractivity contribution in [3.63, 3.8) is 0 Å². The highest BCUT2D eigenvalue weighted by molar-refractivity contribution is 8.01. The van der Waals surface area contributed by atoms with E-state index >= 15 is 0 Å². The molecule has 0 spiro atoms. The zero-order valence-electron chi connectivity index (χ0n) is 18.1. The molecule has 0 aliphatic carbocycles. The normalized spacial score (nSPS) is 20.8. The minimum Gasteiger partial charge on any atom is -0.477 e. The van der Waals surface area contributed by atoms with Crippen LogP contribution in [-0.2, 0) is 20.9 Å². The lowest BCUT2D eigenvalue weighted by Gasteiger charge is -2.49. The van der Waals surface area contributed by atoms with Gasteiger partial charge >= 0.3 is 17.1 Å². The van der Waals surface area contributed by atoms with Crippen LogP contribution in [-0.4, -0.2) is 76.7 Å². The molecule has 4 N–H and O–H groups in total. The summed E-state index contributed by atoms with van der Waals surface area (Å²) in [6.07, 6.45) is 0.548. The maximum absolute atomic E-state index is 12.7. The molecule has 0 unspecified atom stereocenters. The van der Waals surface area contributed by atoms with Gasteiger partial charge in [0.1, 0.15) is 23.2 Å². The number of carboxylic acids is 1. The average molecular weight is 500 g/mol. The second kappa shape index (κ2) is 10.6. The number of carbonyl (C=O) groups excluding carboxylic acids is 2. The van der Waals surface area contributed by atoms with Crippen molar-refractivity contribution >= 4 is 41.3 Å². The molecule has 12 nitrogen and oxygen atoms in total. The molecule has 0 bridgehead atoms. The van der Waals surface area contributed by atoms with Crippen LogP contribution in [0.3, 0.4) is 0 Å². The Morgan fingerprint density at radius 3 is 2.70 bits per heavy atom.